The molecule has 0 aliphatic carbocycles. The lowest BCUT2D eigenvalue weighted by Gasteiger charge is -2.31. The van der Waals surface area contributed by atoms with Gasteiger partial charge < -0.3 is 20.5 Å². The van der Waals surface area contributed by atoms with E-state index >= 15 is 0 Å². The van der Waals surface area contributed by atoms with Crippen LogP contribution in [-0.2, 0) is 0 Å². The first-order valence-corrected chi connectivity index (χ1v) is 7.26. The number of nitrogens with two attached hydrogens (primary N) is 1. The van der Waals surface area contributed by atoms with Gasteiger partial charge in [0.05, 0.1) is 11.4 Å². The van der Waals surface area contributed by atoms with Gasteiger partial charge in [-0.1, -0.05) is 5.16 Å². The third-order valence-corrected chi connectivity index (χ3v) is 3.92. The maximum absolute atomic E-state index is 13.6. The van der Waals surface area contributed by atoms with Crippen molar-refractivity contribution in [3.05, 3.63) is 41.6 Å². The first-order valence-electron chi connectivity index (χ1n) is 7.26. The van der Waals surface area contributed by atoms with Crippen LogP contribution in [-0.4, -0.2) is 29.2 Å². The monoisotopic (exact) mass is 322 g/mol. The van der Waals surface area contributed by atoms with E-state index in [1.807, 2.05) is 0 Å². The Morgan fingerprint density at radius 1 is 1.30 bits per heavy atom. The van der Waals surface area contributed by atoms with Gasteiger partial charge in [0.25, 0.3) is 0 Å². The second kappa shape index (κ2) is 6.23. The van der Waals surface area contributed by atoms with Crippen molar-refractivity contribution in [1.29, 1.82) is 0 Å². The summed E-state index contributed by atoms with van der Waals surface area (Å²) in [6, 6.07) is 4.17. The highest BCUT2D eigenvalue weighted by Gasteiger charge is 2.26. The van der Waals surface area contributed by atoms with Gasteiger partial charge in [-0.25, -0.2) is 13.6 Å². The van der Waals surface area contributed by atoms with E-state index in [1.54, 1.807) is 11.0 Å². The molecular weight excluding hydrogens is 306 g/mol. The lowest BCUT2D eigenvalue weighted by atomic mass is 9.94. The Morgan fingerprint density at radius 3 is 2.70 bits per heavy atom. The molecule has 1 aromatic heterocycles. The summed E-state index contributed by atoms with van der Waals surface area (Å²) in [5.41, 5.74) is 6.11. The number of carbonyl (C=O) groups excluding carboxylic acids is 1. The van der Waals surface area contributed by atoms with Gasteiger partial charge in [-0.2, -0.15) is 0 Å². The van der Waals surface area contributed by atoms with E-state index in [2.05, 4.69) is 10.5 Å². The molecule has 122 valence electrons. The highest BCUT2D eigenvalue weighted by molar-refractivity contribution is 5.89. The number of hydrogen-bond donors (Lipinski definition) is 2. The van der Waals surface area contributed by atoms with Crippen LogP contribution in [0.15, 0.2) is 28.8 Å². The average Bonchev–Trinajstić information content (AvgIpc) is 2.97. The van der Waals surface area contributed by atoms with Crippen molar-refractivity contribution in [2.75, 3.05) is 24.1 Å². The van der Waals surface area contributed by atoms with Crippen molar-refractivity contribution in [2.45, 2.75) is 18.8 Å². The molecule has 1 saturated heterocycles. The number of nitrogen functional groups attached to an aromatic ring is 1. The van der Waals surface area contributed by atoms with Crippen LogP contribution < -0.4 is 11.1 Å². The van der Waals surface area contributed by atoms with Gasteiger partial charge in [-0.3, -0.25) is 0 Å². The first-order chi connectivity index (χ1) is 11.0. The summed E-state index contributed by atoms with van der Waals surface area (Å²) >= 11 is 0. The van der Waals surface area contributed by atoms with E-state index in [4.69, 9.17) is 10.3 Å². The predicted octanol–water partition coefficient (Wildman–Crippen LogP) is 2.95. The SMILES string of the molecule is Nc1cc(C2CCN(C(=O)Nc3cc(F)ccc3F)CC2)no1. The molecular formula is C15H16F2N4O2. The summed E-state index contributed by atoms with van der Waals surface area (Å²) < 4.78 is 31.5. The van der Waals surface area contributed by atoms with Gasteiger partial charge in [0.1, 0.15) is 11.6 Å². The number of nitrogens with zero attached hydrogens (tertiary/aromatic N) is 2. The van der Waals surface area contributed by atoms with Crippen molar-refractivity contribution >= 4 is 17.6 Å². The highest BCUT2D eigenvalue weighted by Crippen LogP contribution is 2.28. The number of anilines is 2. The molecule has 0 bridgehead atoms. The van der Waals surface area contributed by atoms with Gasteiger partial charge in [0, 0.05) is 31.1 Å². The number of aromatic nitrogens is 1. The molecule has 0 radical (unpaired) electrons. The normalized spacial score (nSPS) is 15.7. The van der Waals surface area contributed by atoms with Gasteiger partial charge in [0.15, 0.2) is 0 Å². The molecule has 8 heteroatoms. The summed E-state index contributed by atoms with van der Waals surface area (Å²) in [7, 11) is 0. The van der Waals surface area contributed by atoms with Gasteiger partial charge in [-0.15, -0.1) is 0 Å². The summed E-state index contributed by atoms with van der Waals surface area (Å²) in [4.78, 5) is 13.7. The molecule has 3 N–H and O–H groups in total. The molecule has 0 atom stereocenters. The standard InChI is InChI=1S/C15H16F2N4O2/c16-10-1-2-11(17)13(7-10)19-15(22)21-5-3-9(4-6-21)12-8-14(18)23-20-12/h1-2,7-9H,3-6,18H2,(H,19,22). The van der Waals surface area contributed by atoms with Crippen molar-refractivity contribution in [3.8, 4) is 0 Å². The zero-order valence-corrected chi connectivity index (χ0v) is 12.3. The lowest BCUT2D eigenvalue weighted by molar-refractivity contribution is 0.193. The maximum atomic E-state index is 13.6. The Kier molecular flexibility index (Phi) is 4.14. The number of amides is 2. The number of urea groups is 1. The Balaban J connectivity index is 1.59. The van der Waals surface area contributed by atoms with Crippen molar-refractivity contribution in [1.82, 2.24) is 10.1 Å². The minimum absolute atomic E-state index is 0.165. The van der Waals surface area contributed by atoms with Crippen molar-refractivity contribution in [2.24, 2.45) is 0 Å². The average molecular weight is 322 g/mol. The fourth-order valence-electron chi connectivity index (χ4n) is 2.66. The number of halogens is 2. The number of likely N-dealkylation sites (tertiary alicyclic amines) is 1. The first kappa shape index (κ1) is 15.3. The zero-order valence-electron chi connectivity index (χ0n) is 12.3. The van der Waals surface area contributed by atoms with Crippen LogP contribution in [0.4, 0.5) is 25.1 Å². The van der Waals surface area contributed by atoms with Crippen molar-refractivity contribution < 1.29 is 18.1 Å². The van der Waals surface area contributed by atoms with Gasteiger partial charge in [0.2, 0.25) is 5.88 Å². The molecule has 1 aromatic carbocycles. The molecule has 2 heterocycles. The molecule has 23 heavy (non-hydrogen) atoms. The number of piperidine rings is 1. The van der Waals surface area contributed by atoms with E-state index in [-0.39, 0.29) is 17.5 Å². The van der Waals surface area contributed by atoms with Crippen LogP contribution in [0, 0.1) is 11.6 Å². The minimum Gasteiger partial charge on any atom is -0.368 e. The molecule has 0 unspecified atom stereocenters. The van der Waals surface area contributed by atoms with E-state index in [0.717, 1.165) is 23.9 Å². The van der Waals surface area contributed by atoms with E-state index in [9.17, 15) is 13.6 Å². The number of carbonyl (C=O) groups is 1. The molecule has 3 rings (SSSR count). The molecule has 1 fully saturated rings. The summed E-state index contributed by atoms with van der Waals surface area (Å²) in [6.45, 7) is 0.973. The number of rotatable bonds is 2. The maximum Gasteiger partial charge on any atom is 0.321 e. The van der Waals surface area contributed by atoms with Gasteiger partial charge >= 0.3 is 6.03 Å². The fraction of sp³-hybridized carbons (Fsp3) is 0.333. The second-order valence-corrected chi connectivity index (χ2v) is 5.47. The van der Waals surface area contributed by atoms with E-state index < -0.39 is 17.7 Å². The Bertz CT molecular complexity index is 711. The van der Waals surface area contributed by atoms with E-state index in [1.165, 1.54) is 0 Å². The predicted molar refractivity (Wildman–Crippen MR) is 79.8 cm³/mol. The summed E-state index contributed by atoms with van der Waals surface area (Å²) in [5.74, 6) is -0.843. The summed E-state index contributed by atoms with van der Waals surface area (Å²) in [5, 5.41) is 6.29. The molecule has 2 amide bonds. The molecule has 1 aliphatic rings. The topological polar surface area (TPSA) is 84.4 Å². The Morgan fingerprint density at radius 2 is 2.04 bits per heavy atom. The largest absolute Gasteiger partial charge is 0.368 e. The van der Waals surface area contributed by atoms with Crippen LogP contribution in [0.2, 0.25) is 0 Å². The van der Waals surface area contributed by atoms with Crippen LogP contribution in [0.5, 0.6) is 0 Å². The Hall–Kier alpha value is -2.64. The fourth-order valence-corrected chi connectivity index (χ4v) is 2.66. The smallest absolute Gasteiger partial charge is 0.321 e. The van der Waals surface area contributed by atoms with Crippen molar-refractivity contribution in [3.63, 3.8) is 0 Å². The number of benzene rings is 1. The van der Waals surface area contributed by atoms with Crippen LogP contribution in [0.1, 0.15) is 24.5 Å². The van der Waals surface area contributed by atoms with Gasteiger partial charge in [-0.05, 0) is 25.0 Å². The quantitative estimate of drug-likeness (QED) is 0.890. The molecule has 0 spiro atoms. The minimum atomic E-state index is -0.673. The van der Waals surface area contributed by atoms with Crippen LogP contribution in [0.25, 0.3) is 0 Å². The zero-order chi connectivity index (χ0) is 16.4. The van der Waals surface area contributed by atoms with Crippen LogP contribution >= 0.6 is 0 Å². The molecule has 0 saturated carbocycles. The second-order valence-electron chi connectivity index (χ2n) is 5.47. The number of nitrogens with one attached hydrogen (secondary N) is 1. The van der Waals surface area contributed by atoms with Crippen LogP contribution in [0.3, 0.4) is 0 Å². The summed E-state index contributed by atoms with van der Waals surface area (Å²) in [6.07, 6.45) is 1.40. The highest BCUT2D eigenvalue weighted by atomic mass is 19.1. The number of hydrogen-bond acceptors (Lipinski definition) is 4. The van der Waals surface area contributed by atoms with E-state index in [0.29, 0.717) is 25.9 Å². The molecule has 6 nitrogen and oxygen atoms in total. The molecule has 1 aliphatic heterocycles. The third kappa shape index (κ3) is 3.41. The molecule has 2 aromatic rings. The Labute approximate surface area is 131 Å². The third-order valence-electron chi connectivity index (χ3n) is 3.92. The lowest BCUT2D eigenvalue weighted by Crippen LogP contribution is -2.40.